The third kappa shape index (κ3) is 6.28. The number of phenolic OH excluding ortho intramolecular Hbond substituents is 2. The van der Waals surface area contributed by atoms with Crippen LogP contribution in [0.25, 0.3) is 11.1 Å². The number of methoxy groups -OCH3 is 1. The molecule has 0 aliphatic carbocycles. The van der Waals surface area contributed by atoms with Gasteiger partial charge in [0.25, 0.3) is 0 Å². The number of phenols is 2. The van der Waals surface area contributed by atoms with Crippen LogP contribution in [0.2, 0.25) is 0 Å². The van der Waals surface area contributed by atoms with E-state index in [-0.39, 0.29) is 60.2 Å². The van der Waals surface area contributed by atoms with Gasteiger partial charge in [-0.1, -0.05) is 72.7 Å². The van der Waals surface area contributed by atoms with Crippen molar-refractivity contribution in [1.82, 2.24) is 10.3 Å². The summed E-state index contributed by atoms with van der Waals surface area (Å²) in [4.78, 5) is 19.0. The number of piperazine rings is 1. The molecule has 1 aromatic heterocycles. The summed E-state index contributed by atoms with van der Waals surface area (Å²) < 4.78 is 18.5. The van der Waals surface area contributed by atoms with E-state index >= 15 is 0 Å². The van der Waals surface area contributed by atoms with Crippen LogP contribution in [0, 0.1) is 11.8 Å². The van der Waals surface area contributed by atoms with Crippen LogP contribution in [0.1, 0.15) is 59.7 Å². The molecular weight excluding hydrogens is 622 g/mol. The molecule has 1 unspecified atom stereocenters. The van der Waals surface area contributed by atoms with Gasteiger partial charge in [-0.2, -0.15) is 0 Å². The molecule has 1 saturated heterocycles. The maximum absolute atomic E-state index is 12.1. The number of ketones is 1. The van der Waals surface area contributed by atoms with Crippen LogP contribution in [0.15, 0.2) is 54.6 Å². The zero-order chi connectivity index (χ0) is 34.1. The van der Waals surface area contributed by atoms with Crippen LogP contribution < -0.4 is 29.4 Å². The first-order valence-electron chi connectivity index (χ1n) is 16.8. The van der Waals surface area contributed by atoms with Crippen molar-refractivity contribution in [2.45, 2.75) is 50.7 Å². The van der Waals surface area contributed by atoms with Gasteiger partial charge >= 0.3 is 5.78 Å². The van der Waals surface area contributed by atoms with Crippen molar-refractivity contribution in [3.63, 3.8) is 0 Å². The van der Waals surface area contributed by atoms with E-state index < -0.39 is 12.0 Å². The number of ether oxygens (including phenoxy) is 3. The number of anilines is 1. The average molecular weight is 664 g/mol. The molecule has 7 rings (SSSR count). The molecule has 10 nitrogen and oxygen atoms in total. The van der Waals surface area contributed by atoms with Crippen molar-refractivity contribution in [3.05, 3.63) is 82.5 Å². The number of hydrogen-bond donors (Lipinski definition) is 4. The third-order valence-corrected chi connectivity index (χ3v) is 9.42. The Labute approximate surface area is 285 Å². The molecule has 4 aromatic rings. The third-order valence-electron chi connectivity index (χ3n) is 9.42. The normalized spacial score (nSPS) is 19.7. The highest BCUT2D eigenvalue weighted by molar-refractivity contribution is 6.05. The van der Waals surface area contributed by atoms with Gasteiger partial charge in [0.1, 0.15) is 24.0 Å². The first-order valence-corrected chi connectivity index (χ1v) is 16.8. The van der Waals surface area contributed by atoms with Crippen LogP contribution in [0.3, 0.4) is 0 Å². The molecule has 49 heavy (non-hydrogen) atoms. The van der Waals surface area contributed by atoms with Crippen molar-refractivity contribution < 1.29 is 34.3 Å². The van der Waals surface area contributed by atoms with E-state index in [0.717, 1.165) is 53.3 Å². The van der Waals surface area contributed by atoms with Crippen LogP contribution >= 0.6 is 0 Å². The van der Waals surface area contributed by atoms with E-state index in [1.807, 2.05) is 6.07 Å². The molecule has 5 N–H and O–H groups in total. The number of hydrogen-bond acceptors (Lipinski definition) is 8. The van der Waals surface area contributed by atoms with Crippen molar-refractivity contribution in [2.75, 3.05) is 44.9 Å². The number of aryl methyl sites for hydroxylation is 1. The summed E-state index contributed by atoms with van der Waals surface area (Å²) >= 11 is 0. The zero-order valence-electron chi connectivity index (χ0n) is 27.7. The minimum absolute atomic E-state index is 0.00791. The lowest BCUT2D eigenvalue weighted by molar-refractivity contribution is 0.192. The molecule has 3 aliphatic heterocycles. The van der Waals surface area contributed by atoms with Crippen molar-refractivity contribution in [2.24, 2.45) is 0 Å². The number of aromatic nitrogens is 1. The van der Waals surface area contributed by atoms with E-state index in [4.69, 9.17) is 19.2 Å². The van der Waals surface area contributed by atoms with Gasteiger partial charge in [-0.15, -0.1) is 0 Å². The lowest BCUT2D eigenvalue weighted by Gasteiger charge is -2.40. The van der Waals surface area contributed by atoms with E-state index in [9.17, 15) is 20.1 Å². The molecule has 3 aliphatic rings. The van der Waals surface area contributed by atoms with E-state index in [0.29, 0.717) is 30.5 Å². The number of carbonyl (C=O) groups excluding carboxylic acids is 1. The quantitative estimate of drug-likeness (QED) is 0.121. The maximum atomic E-state index is 12.1. The Hall–Kier alpha value is -5.11. The number of aliphatic hydroxyl groups excluding tert-OH is 1. The summed E-state index contributed by atoms with van der Waals surface area (Å²) in [5, 5.41) is 35.0. The first kappa shape index (κ1) is 32.4. The second kappa shape index (κ2) is 13.8. The Morgan fingerprint density at radius 3 is 2.69 bits per heavy atom. The number of fused-ring (bicyclic) bond motifs is 8. The highest BCUT2D eigenvalue weighted by atomic mass is 16.5. The fraction of sp³-hybridized carbons (Fsp3) is 0.359. The minimum atomic E-state index is -0.614. The Kier molecular flexibility index (Phi) is 9.13. The number of aliphatic hydroxyl groups is 1. The van der Waals surface area contributed by atoms with E-state index in [1.54, 1.807) is 24.3 Å². The molecule has 3 atom stereocenters. The molecule has 0 radical (unpaired) electrons. The van der Waals surface area contributed by atoms with Crippen LogP contribution in [0.5, 0.6) is 28.7 Å². The predicted octanol–water partition coefficient (Wildman–Crippen LogP) is 4.59. The fourth-order valence-electron chi connectivity index (χ4n) is 6.96. The van der Waals surface area contributed by atoms with Gasteiger partial charge in [-0.05, 0) is 66.9 Å². The van der Waals surface area contributed by atoms with Gasteiger partial charge < -0.3 is 44.7 Å². The Bertz CT molecular complexity index is 1920. The Balaban J connectivity index is 1.41. The summed E-state index contributed by atoms with van der Waals surface area (Å²) in [6, 6.07) is 17.0. The molecular formula is C39H41N3O7. The number of benzene rings is 3. The second-order valence-electron chi connectivity index (χ2n) is 12.6. The lowest BCUT2D eigenvalue weighted by Crippen LogP contribution is -2.50. The van der Waals surface area contributed by atoms with Crippen molar-refractivity contribution >= 4 is 11.6 Å². The van der Waals surface area contributed by atoms with Crippen LogP contribution in [-0.4, -0.2) is 71.9 Å². The first-order chi connectivity index (χ1) is 23.9. The summed E-state index contributed by atoms with van der Waals surface area (Å²) in [5.74, 6) is 7.78. The Morgan fingerprint density at radius 2 is 1.92 bits per heavy atom. The molecule has 0 amide bonds. The van der Waals surface area contributed by atoms with Gasteiger partial charge in [0.05, 0.1) is 31.2 Å². The Morgan fingerprint density at radius 1 is 1.08 bits per heavy atom. The monoisotopic (exact) mass is 663 g/mol. The standard InChI is InChI=1S/C39H40N3O7/c1-3-27-20-30-25-7-4-6-23(18-25)19-26(8-11-28-22-42(15-14-40-28)39(30)41-27)33-35(46)38(47-2)37(48-17-5-16-43)34-31(45)21-32(49-36(33)34)24-9-12-29(44)13-10-24/h4,6-7,9-10,12-13,18,20,26,28,32,40,43-44H,3,5,14-17,19,21-22H2,1-2H3,(H,45,46)/q-1/p+1/t26-,28+,32?/m1/s1. The van der Waals surface area contributed by atoms with Crippen LogP contribution in [0.4, 0.5) is 5.82 Å². The number of nitrogens with zero attached hydrogens (tertiary/aromatic N) is 2. The SMILES string of the molecule is CCc1cc2c([n-]1)N1CCN[C@@H](C#C[C@@H](c3c(O)c(OC)c(OCCCO)c4c3OC(c3ccc(O)cc3)CC4=[OH+])Cc3cccc-2c3)C1. The fourth-order valence-corrected chi connectivity index (χ4v) is 6.96. The van der Waals surface area contributed by atoms with Gasteiger partial charge in [0.15, 0.2) is 17.1 Å². The van der Waals surface area contributed by atoms with Gasteiger partial charge in [0, 0.05) is 13.0 Å². The van der Waals surface area contributed by atoms with E-state index in [2.05, 4.69) is 53.2 Å². The number of aromatic hydroxyl groups is 2. The average Bonchev–Trinajstić information content (AvgIpc) is 3.55. The molecule has 254 valence electrons. The van der Waals surface area contributed by atoms with Gasteiger partial charge in [-0.3, -0.25) is 4.79 Å². The highest BCUT2D eigenvalue weighted by Gasteiger charge is 2.42. The molecule has 0 spiro atoms. The summed E-state index contributed by atoms with van der Waals surface area (Å²) in [7, 11) is 1.44. The minimum Gasteiger partial charge on any atom is -0.508 e. The van der Waals surface area contributed by atoms with E-state index in [1.165, 1.54) is 7.11 Å². The zero-order valence-corrected chi connectivity index (χ0v) is 27.7. The van der Waals surface area contributed by atoms with Crippen molar-refractivity contribution in [3.8, 4) is 51.7 Å². The van der Waals surface area contributed by atoms with Crippen LogP contribution in [-0.2, 0) is 12.8 Å². The maximum Gasteiger partial charge on any atom is 0.335 e. The molecule has 3 aromatic carbocycles. The smallest absolute Gasteiger partial charge is 0.335 e. The van der Waals surface area contributed by atoms with Gasteiger partial charge in [0.2, 0.25) is 5.75 Å². The molecule has 0 saturated carbocycles. The molecule has 4 heterocycles. The highest BCUT2D eigenvalue weighted by Crippen LogP contribution is 2.55. The molecule has 10 heteroatoms. The van der Waals surface area contributed by atoms with Crippen molar-refractivity contribution in [1.29, 1.82) is 0 Å². The molecule has 4 bridgehead atoms. The largest absolute Gasteiger partial charge is 0.508 e. The summed E-state index contributed by atoms with van der Waals surface area (Å²) in [6.45, 7) is 4.35. The summed E-state index contributed by atoms with van der Waals surface area (Å²) in [6.07, 6.45) is 1.12. The predicted molar refractivity (Wildman–Crippen MR) is 187 cm³/mol. The number of nitrogens with one attached hydrogen (secondary N) is 1. The second-order valence-corrected chi connectivity index (χ2v) is 12.6. The number of rotatable bonds is 8. The summed E-state index contributed by atoms with van der Waals surface area (Å²) in [5.41, 5.74) is 5.64. The van der Waals surface area contributed by atoms with Gasteiger partial charge in [-0.25, -0.2) is 0 Å². The molecule has 1 fully saturated rings. The lowest BCUT2D eigenvalue weighted by atomic mass is 9.85. The topological polar surface area (TPSA) is 139 Å².